The van der Waals surface area contributed by atoms with E-state index < -0.39 is 0 Å². The van der Waals surface area contributed by atoms with Crippen LogP contribution in [0.2, 0.25) is 0 Å². The van der Waals surface area contributed by atoms with E-state index in [1.807, 2.05) is 13.8 Å². The van der Waals surface area contributed by atoms with Crippen LogP contribution < -0.4 is 16.6 Å². The van der Waals surface area contributed by atoms with Crippen molar-refractivity contribution >= 4 is 5.96 Å². The van der Waals surface area contributed by atoms with Crippen molar-refractivity contribution in [3.63, 3.8) is 0 Å². The van der Waals surface area contributed by atoms with Crippen molar-refractivity contribution in [3.8, 4) is 0 Å². The molecule has 0 aromatic rings. The number of rotatable bonds is 4. The molecular formula is C11H24N4O. The largest absolute Gasteiger partial charge is 0.378 e. The van der Waals surface area contributed by atoms with E-state index in [9.17, 15) is 0 Å². The topological polar surface area (TPSA) is 71.7 Å². The molecule has 1 aliphatic rings. The molecule has 0 aliphatic heterocycles. The predicted octanol–water partition coefficient (Wildman–Crippen LogP) is 0.619. The first-order chi connectivity index (χ1) is 7.56. The zero-order chi connectivity index (χ0) is 12.2. The van der Waals surface area contributed by atoms with E-state index in [0.29, 0.717) is 24.7 Å². The molecule has 16 heavy (non-hydrogen) atoms. The third-order valence-electron chi connectivity index (χ3n) is 3.31. The highest BCUT2D eigenvalue weighted by Gasteiger charge is 2.49. The molecule has 94 valence electrons. The molecule has 5 nitrogen and oxygen atoms in total. The predicted molar refractivity (Wildman–Crippen MR) is 66.0 cm³/mol. The van der Waals surface area contributed by atoms with Gasteiger partial charge in [-0.25, -0.2) is 5.84 Å². The molecular weight excluding hydrogens is 204 g/mol. The Morgan fingerprint density at radius 1 is 1.50 bits per heavy atom. The molecule has 0 radical (unpaired) electrons. The summed E-state index contributed by atoms with van der Waals surface area (Å²) in [5.41, 5.74) is 2.71. The second-order valence-electron chi connectivity index (χ2n) is 4.67. The van der Waals surface area contributed by atoms with E-state index in [1.54, 1.807) is 0 Å². The Bertz CT molecular complexity index is 252. The highest BCUT2D eigenvalue weighted by molar-refractivity contribution is 5.79. The average molecular weight is 228 g/mol. The number of nitrogens with zero attached hydrogens (tertiary/aromatic N) is 1. The highest BCUT2D eigenvalue weighted by atomic mass is 16.5. The van der Waals surface area contributed by atoms with Crippen molar-refractivity contribution in [1.82, 2.24) is 10.7 Å². The van der Waals surface area contributed by atoms with Crippen molar-refractivity contribution in [2.45, 2.75) is 46.3 Å². The highest BCUT2D eigenvalue weighted by Crippen LogP contribution is 2.42. The summed E-state index contributed by atoms with van der Waals surface area (Å²) in [5, 5.41) is 3.32. The van der Waals surface area contributed by atoms with Gasteiger partial charge in [0.05, 0.1) is 6.10 Å². The van der Waals surface area contributed by atoms with Crippen LogP contribution in [0.4, 0.5) is 0 Å². The summed E-state index contributed by atoms with van der Waals surface area (Å²) in [6.07, 6.45) is 1.33. The quantitative estimate of drug-likeness (QED) is 0.285. The number of hydrogen-bond acceptors (Lipinski definition) is 3. The van der Waals surface area contributed by atoms with E-state index >= 15 is 0 Å². The zero-order valence-corrected chi connectivity index (χ0v) is 10.7. The molecule has 0 aromatic carbocycles. The van der Waals surface area contributed by atoms with E-state index in [1.165, 1.54) is 0 Å². The van der Waals surface area contributed by atoms with Crippen LogP contribution in [0, 0.1) is 5.41 Å². The van der Waals surface area contributed by atoms with Gasteiger partial charge in [-0.3, -0.25) is 10.4 Å². The van der Waals surface area contributed by atoms with Crippen LogP contribution >= 0.6 is 0 Å². The molecule has 0 spiro atoms. The summed E-state index contributed by atoms with van der Waals surface area (Å²) in [6.45, 7) is 9.90. The molecule has 2 unspecified atom stereocenters. The first-order valence-corrected chi connectivity index (χ1v) is 5.95. The summed E-state index contributed by atoms with van der Waals surface area (Å²) in [7, 11) is 0. The van der Waals surface area contributed by atoms with Gasteiger partial charge in [0.1, 0.15) is 0 Å². The van der Waals surface area contributed by atoms with Crippen LogP contribution in [-0.4, -0.2) is 31.3 Å². The van der Waals surface area contributed by atoms with E-state index in [-0.39, 0.29) is 5.41 Å². The van der Waals surface area contributed by atoms with Crippen LogP contribution in [0.3, 0.4) is 0 Å². The number of nitrogens with two attached hydrogens (primary N) is 1. The zero-order valence-electron chi connectivity index (χ0n) is 10.7. The molecule has 5 heteroatoms. The Hall–Kier alpha value is -0.810. The minimum absolute atomic E-state index is 0.126. The average Bonchev–Trinajstić information content (AvgIpc) is 2.26. The fourth-order valence-corrected chi connectivity index (χ4v) is 2.07. The second-order valence-corrected chi connectivity index (χ2v) is 4.67. The molecule has 2 atom stereocenters. The lowest BCUT2D eigenvalue weighted by Crippen LogP contribution is -2.64. The molecule has 0 heterocycles. The van der Waals surface area contributed by atoms with Gasteiger partial charge in [-0.15, -0.1) is 0 Å². The van der Waals surface area contributed by atoms with Crippen LogP contribution in [0.25, 0.3) is 0 Å². The monoisotopic (exact) mass is 228 g/mol. The van der Waals surface area contributed by atoms with Crippen LogP contribution in [0.1, 0.15) is 34.1 Å². The van der Waals surface area contributed by atoms with E-state index in [0.717, 1.165) is 13.0 Å². The van der Waals surface area contributed by atoms with Crippen LogP contribution in [0.15, 0.2) is 4.99 Å². The summed E-state index contributed by atoms with van der Waals surface area (Å²) in [5.74, 6) is 6.06. The molecule has 0 amide bonds. The third-order valence-corrected chi connectivity index (χ3v) is 3.31. The Balaban J connectivity index is 2.49. The van der Waals surface area contributed by atoms with Gasteiger partial charge in [0.2, 0.25) is 5.96 Å². The van der Waals surface area contributed by atoms with Gasteiger partial charge in [-0.1, -0.05) is 13.8 Å². The first kappa shape index (κ1) is 13.3. The van der Waals surface area contributed by atoms with Crippen molar-refractivity contribution in [2.24, 2.45) is 16.3 Å². The van der Waals surface area contributed by atoms with Crippen LogP contribution in [0.5, 0.6) is 0 Å². The Kier molecular flexibility index (Phi) is 4.56. The number of nitrogens with one attached hydrogen (secondary N) is 2. The molecule has 0 saturated heterocycles. The van der Waals surface area contributed by atoms with Crippen LogP contribution in [-0.2, 0) is 4.74 Å². The number of aliphatic imine (C=N–C) groups is 1. The molecule has 1 saturated carbocycles. The van der Waals surface area contributed by atoms with Gasteiger partial charge in [0, 0.05) is 24.6 Å². The van der Waals surface area contributed by atoms with Gasteiger partial charge in [-0.05, 0) is 20.3 Å². The fraction of sp³-hybridized carbons (Fsp3) is 0.909. The standard InChI is InChI=1S/C11H24N4O/c1-5-13-10(15-12)14-8-7-9(16-6-2)11(8,3)4/h8-9H,5-7,12H2,1-4H3,(H2,13,14,15). The van der Waals surface area contributed by atoms with E-state index in [4.69, 9.17) is 10.6 Å². The van der Waals surface area contributed by atoms with Crippen molar-refractivity contribution in [3.05, 3.63) is 0 Å². The Labute approximate surface area is 97.8 Å². The number of hydrazine groups is 1. The van der Waals surface area contributed by atoms with Gasteiger partial charge in [-0.2, -0.15) is 0 Å². The SMILES string of the molecule is CCN=C(NN)NC1CC(OCC)C1(C)C. The molecule has 1 fully saturated rings. The summed E-state index contributed by atoms with van der Waals surface area (Å²) in [6, 6.07) is 0.366. The van der Waals surface area contributed by atoms with E-state index in [2.05, 4.69) is 29.6 Å². The lowest BCUT2D eigenvalue weighted by molar-refractivity contribution is -0.109. The Morgan fingerprint density at radius 2 is 2.19 bits per heavy atom. The van der Waals surface area contributed by atoms with Gasteiger partial charge in [0.25, 0.3) is 0 Å². The smallest absolute Gasteiger partial charge is 0.205 e. The lowest BCUT2D eigenvalue weighted by atomic mass is 9.64. The maximum Gasteiger partial charge on any atom is 0.205 e. The maximum absolute atomic E-state index is 5.67. The van der Waals surface area contributed by atoms with Crippen molar-refractivity contribution < 1.29 is 4.74 Å². The molecule has 1 rings (SSSR count). The summed E-state index contributed by atoms with van der Waals surface area (Å²) >= 11 is 0. The van der Waals surface area contributed by atoms with Gasteiger partial charge >= 0.3 is 0 Å². The third kappa shape index (κ3) is 2.65. The minimum atomic E-state index is 0.126. The van der Waals surface area contributed by atoms with Gasteiger partial charge in [0.15, 0.2) is 0 Å². The summed E-state index contributed by atoms with van der Waals surface area (Å²) < 4.78 is 5.67. The number of ether oxygens (including phenoxy) is 1. The fourth-order valence-electron chi connectivity index (χ4n) is 2.07. The van der Waals surface area contributed by atoms with Gasteiger partial charge < -0.3 is 10.1 Å². The van der Waals surface area contributed by atoms with Crippen molar-refractivity contribution in [1.29, 1.82) is 0 Å². The van der Waals surface area contributed by atoms with Crippen molar-refractivity contribution in [2.75, 3.05) is 13.2 Å². The number of hydrogen-bond donors (Lipinski definition) is 3. The minimum Gasteiger partial charge on any atom is -0.378 e. The first-order valence-electron chi connectivity index (χ1n) is 5.95. The molecule has 1 aliphatic carbocycles. The molecule has 4 N–H and O–H groups in total. The molecule has 0 bridgehead atoms. The second kappa shape index (κ2) is 5.50. The lowest BCUT2D eigenvalue weighted by Gasteiger charge is -2.51. The number of guanidine groups is 1. The Morgan fingerprint density at radius 3 is 2.62 bits per heavy atom. The summed E-state index contributed by atoms with van der Waals surface area (Å²) in [4.78, 5) is 4.23. The maximum atomic E-state index is 5.67. The molecule has 0 aromatic heterocycles. The normalized spacial score (nSPS) is 28.4.